The zero-order valence-corrected chi connectivity index (χ0v) is 24.9. The van der Waals surface area contributed by atoms with Crippen molar-refractivity contribution in [3.63, 3.8) is 0 Å². The quantitative estimate of drug-likeness (QED) is 0.0964. The Hall–Kier alpha value is -6.54. The summed E-state index contributed by atoms with van der Waals surface area (Å²) in [5.74, 6) is 0. The fourth-order valence-corrected chi connectivity index (χ4v) is 6.35. The maximum atomic E-state index is 11.2. The van der Waals surface area contributed by atoms with Crippen LogP contribution in [0, 0.1) is 20.2 Å². The fraction of sp³-hybridized carbons (Fsp3) is 0.0256. The molecule has 1 aliphatic carbocycles. The first-order valence-electron chi connectivity index (χ1n) is 14.9. The Morgan fingerprint density at radius 2 is 0.894 bits per heavy atom. The first-order chi connectivity index (χ1) is 22.9. The molecule has 226 valence electrons. The summed E-state index contributed by atoms with van der Waals surface area (Å²) in [7, 11) is 0. The molecule has 0 atom stereocenters. The molecule has 0 fully saturated rings. The van der Waals surface area contributed by atoms with Gasteiger partial charge in [0, 0.05) is 36.7 Å². The zero-order valence-electron chi connectivity index (χ0n) is 24.9. The standard InChI is InChI=1S/C39H26N4O4/c44-42(45)33-9-5-7-27(23-33)25-40-31-19-15-29(16-20-31)39(37-13-3-1-11-35(37)36-12-2-4-14-38(36)39)30-17-21-32(22-18-30)41-26-28-8-6-10-34(24-28)43(46)47/h1-26H. The topological polar surface area (TPSA) is 111 Å². The number of nitro benzene ring substituents is 2. The molecule has 7 rings (SSSR count). The van der Waals surface area contributed by atoms with Crippen molar-refractivity contribution in [1.82, 2.24) is 0 Å². The summed E-state index contributed by atoms with van der Waals surface area (Å²) < 4.78 is 0. The molecule has 47 heavy (non-hydrogen) atoms. The molecule has 6 aromatic carbocycles. The molecule has 0 radical (unpaired) electrons. The van der Waals surface area contributed by atoms with E-state index in [-0.39, 0.29) is 11.4 Å². The molecule has 0 aliphatic heterocycles. The van der Waals surface area contributed by atoms with Crippen molar-refractivity contribution >= 4 is 35.2 Å². The van der Waals surface area contributed by atoms with E-state index in [4.69, 9.17) is 0 Å². The lowest BCUT2D eigenvalue weighted by atomic mass is 9.67. The highest BCUT2D eigenvalue weighted by molar-refractivity contribution is 5.87. The summed E-state index contributed by atoms with van der Waals surface area (Å²) >= 11 is 0. The van der Waals surface area contributed by atoms with Crippen LogP contribution in [0.2, 0.25) is 0 Å². The second kappa shape index (κ2) is 12.1. The normalized spacial score (nSPS) is 13.0. The smallest absolute Gasteiger partial charge is 0.258 e. The highest BCUT2D eigenvalue weighted by Crippen LogP contribution is 2.56. The Balaban J connectivity index is 1.29. The first-order valence-corrected chi connectivity index (χ1v) is 14.9. The zero-order chi connectivity index (χ0) is 32.4. The molecular weight excluding hydrogens is 588 g/mol. The van der Waals surface area contributed by atoms with Crippen molar-refractivity contribution in [3.8, 4) is 11.1 Å². The SMILES string of the molecule is O=[N+]([O-])c1cccc(C=Nc2ccc(C3(c4ccc(N=Cc5cccc([N+](=O)[O-])c5)cc4)c4ccccc4-c4ccccc43)cc2)c1. The Morgan fingerprint density at radius 3 is 1.30 bits per heavy atom. The van der Waals surface area contributed by atoms with Gasteiger partial charge in [0.25, 0.3) is 11.4 Å². The minimum Gasteiger partial charge on any atom is -0.258 e. The van der Waals surface area contributed by atoms with Crippen molar-refractivity contribution in [2.75, 3.05) is 0 Å². The average molecular weight is 615 g/mol. The van der Waals surface area contributed by atoms with Gasteiger partial charge in [-0.1, -0.05) is 97.1 Å². The summed E-state index contributed by atoms with van der Waals surface area (Å²) in [6.45, 7) is 0. The van der Waals surface area contributed by atoms with Crippen LogP contribution >= 0.6 is 0 Å². The van der Waals surface area contributed by atoms with Crippen molar-refractivity contribution in [3.05, 3.63) is 199 Å². The van der Waals surface area contributed by atoms with Crippen LogP contribution in [0.25, 0.3) is 11.1 Å². The predicted octanol–water partition coefficient (Wildman–Crippen LogP) is 9.37. The molecule has 0 unspecified atom stereocenters. The molecule has 0 spiro atoms. The number of fused-ring (bicyclic) bond motifs is 3. The van der Waals surface area contributed by atoms with Crippen molar-refractivity contribution < 1.29 is 9.85 Å². The van der Waals surface area contributed by atoms with Crippen molar-refractivity contribution in [2.45, 2.75) is 5.41 Å². The number of hydrogen-bond donors (Lipinski definition) is 0. The van der Waals surface area contributed by atoms with Gasteiger partial charge in [-0.05, 0) is 68.8 Å². The maximum Gasteiger partial charge on any atom is 0.270 e. The number of nitro groups is 2. The molecule has 1 aliphatic rings. The lowest BCUT2D eigenvalue weighted by Crippen LogP contribution is -2.28. The van der Waals surface area contributed by atoms with E-state index in [0.717, 1.165) is 22.5 Å². The maximum absolute atomic E-state index is 11.2. The van der Waals surface area contributed by atoms with Crippen LogP contribution < -0.4 is 0 Å². The second-order valence-electron chi connectivity index (χ2n) is 11.2. The first kappa shape index (κ1) is 29.2. The number of rotatable bonds is 8. The van der Waals surface area contributed by atoms with Gasteiger partial charge in [-0.15, -0.1) is 0 Å². The third kappa shape index (κ3) is 5.38. The van der Waals surface area contributed by atoms with Gasteiger partial charge in [0.1, 0.15) is 0 Å². The van der Waals surface area contributed by atoms with Crippen molar-refractivity contribution in [1.29, 1.82) is 0 Å². The third-order valence-corrected chi connectivity index (χ3v) is 8.44. The van der Waals surface area contributed by atoms with E-state index in [1.165, 1.54) is 46.5 Å². The van der Waals surface area contributed by atoms with E-state index in [1.807, 2.05) is 24.3 Å². The molecular formula is C39H26N4O4. The Bertz CT molecular complexity index is 2050. The number of aliphatic imine (C=N–C) groups is 2. The van der Waals surface area contributed by atoms with Gasteiger partial charge in [-0.25, -0.2) is 0 Å². The predicted molar refractivity (Wildman–Crippen MR) is 184 cm³/mol. The summed E-state index contributed by atoms with van der Waals surface area (Å²) in [4.78, 5) is 30.7. The highest BCUT2D eigenvalue weighted by Gasteiger charge is 2.45. The number of benzene rings is 6. The summed E-state index contributed by atoms with van der Waals surface area (Å²) in [6.07, 6.45) is 3.26. The van der Waals surface area contributed by atoms with Gasteiger partial charge < -0.3 is 0 Å². The summed E-state index contributed by atoms with van der Waals surface area (Å²) in [6, 6.07) is 45.9. The van der Waals surface area contributed by atoms with Gasteiger partial charge in [0.15, 0.2) is 0 Å². The number of hydrogen-bond acceptors (Lipinski definition) is 6. The molecule has 0 saturated heterocycles. The van der Waals surface area contributed by atoms with Crippen LogP contribution in [0.5, 0.6) is 0 Å². The minimum atomic E-state index is -0.613. The van der Waals surface area contributed by atoms with Crippen molar-refractivity contribution in [2.24, 2.45) is 9.98 Å². The molecule has 8 heteroatoms. The lowest BCUT2D eigenvalue weighted by Gasteiger charge is -2.34. The van der Waals surface area contributed by atoms with E-state index in [0.29, 0.717) is 11.1 Å². The Morgan fingerprint density at radius 1 is 0.489 bits per heavy atom. The number of nitrogens with zero attached hydrogens (tertiary/aromatic N) is 4. The van der Waals surface area contributed by atoms with E-state index >= 15 is 0 Å². The molecule has 0 amide bonds. The molecule has 6 aromatic rings. The van der Waals surface area contributed by atoms with Crippen LogP contribution in [-0.4, -0.2) is 22.3 Å². The van der Waals surface area contributed by atoms with E-state index in [9.17, 15) is 20.2 Å². The molecule has 8 nitrogen and oxygen atoms in total. The van der Waals surface area contributed by atoms with E-state index < -0.39 is 15.3 Å². The largest absolute Gasteiger partial charge is 0.270 e. The number of non-ortho nitro benzene ring substituents is 2. The summed E-state index contributed by atoms with van der Waals surface area (Å²) in [5.41, 5.74) is 8.97. The molecule has 0 aromatic heterocycles. The molecule has 0 heterocycles. The molecule has 0 N–H and O–H groups in total. The second-order valence-corrected chi connectivity index (χ2v) is 11.2. The molecule has 0 bridgehead atoms. The van der Waals surface area contributed by atoms with Gasteiger partial charge in [0.05, 0.1) is 26.6 Å². The van der Waals surface area contributed by atoms with Crippen LogP contribution in [0.1, 0.15) is 33.4 Å². The van der Waals surface area contributed by atoms with E-state index in [2.05, 4.69) is 82.8 Å². The minimum absolute atomic E-state index is 0.0190. The third-order valence-electron chi connectivity index (χ3n) is 8.44. The average Bonchev–Trinajstić information content (AvgIpc) is 3.42. The highest BCUT2D eigenvalue weighted by atomic mass is 16.6. The van der Waals surface area contributed by atoms with Gasteiger partial charge in [-0.2, -0.15) is 0 Å². The van der Waals surface area contributed by atoms with Crippen LogP contribution in [0.4, 0.5) is 22.7 Å². The van der Waals surface area contributed by atoms with Crippen LogP contribution in [0.15, 0.2) is 156 Å². The fourth-order valence-electron chi connectivity index (χ4n) is 6.35. The lowest BCUT2D eigenvalue weighted by molar-refractivity contribution is -0.385. The van der Waals surface area contributed by atoms with Crippen LogP contribution in [-0.2, 0) is 5.41 Å². The van der Waals surface area contributed by atoms with E-state index in [1.54, 1.807) is 36.7 Å². The summed E-state index contributed by atoms with van der Waals surface area (Å²) in [5, 5.41) is 22.4. The van der Waals surface area contributed by atoms with Gasteiger partial charge in [-0.3, -0.25) is 30.2 Å². The van der Waals surface area contributed by atoms with Gasteiger partial charge in [0.2, 0.25) is 0 Å². The van der Waals surface area contributed by atoms with Gasteiger partial charge >= 0.3 is 0 Å². The monoisotopic (exact) mass is 614 g/mol. The molecule has 0 saturated carbocycles. The Labute approximate surface area is 270 Å². The van der Waals surface area contributed by atoms with Crippen LogP contribution in [0.3, 0.4) is 0 Å². The Kier molecular flexibility index (Phi) is 7.51.